The highest BCUT2D eigenvalue weighted by atomic mass is 32.1. The summed E-state index contributed by atoms with van der Waals surface area (Å²) in [6.45, 7) is 6.45. The maximum atomic E-state index is 14.9. The number of piperazine rings is 1. The molecule has 2 amide bonds. The first-order valence-electron chi connectivity index (χ1n) is 15.9. The summed E-state index contributed by atoms with van der Waals surface area (Å²) < 4.78 is 21.7. The number of nitrogens with one attached hydrogen (secondary N) is 2. The van der Waals surface area contributed by atoms with Crippen LogP contribution in [0.1, 0.15) is 32.3 Å². The highest BCUT2D eigenvalue weighted by Gasteiger charge is 2.48. The van der Waals surface area contributed by atoms with Gasteiger partial charge in [0.25, 0.3) is 0 Å². The SMILES string of the molecule is CC(C)[C@](N)(C(=O)O)C(C=O)N1CCN(Cc2ccc(-c3cc4nccc(Oc5ccc(NC(=O)NC6CC6)cc5F)c4s3)nc2)CC1. The smallest absolute Gasteiger partial charge is 0.326 e. The highest BCUT2D eigenvalue weighted by Crippen LogP contribution is 2.39. The average molecular weight is 676 g/mol. The average Bonchev–Trinajstić information content (AvgIpc) is 3.76. The molecule has 1 aliphatic heterocycles. The minimum atomic E-state index is -1.66. The summed E-state index contributed by atoms with van der Waals surface area (Å²) in [4.78, 5) is 50.1. The van der Waals surface area contributed by atoms with Crippen molar-refractivity contribution in [1.29, 1.82) is 0 Å². The number of nitrogens with two attached hydrogens (primary N) is 1. The molecular weight excluding hydrogens is 637 g/mol. The molecule has 3 aromatic heterocycles. The summed E-state index contributed by atoms with van der Waals surface area (Å²) in [5.41, 5.74) is 7.41. The number of rotatable bonds is 12. The van der Waals surface area contributed by atoms with Crippen molar-refractivity contribution in [2.75, 3.05) is 31.5 Å². The van der Waals surface area contributed by atoms with Gasteiger partial charge in [-0.25, -0.2) is 9.18 Å². The van der Waals surface area contributed by atoms with Crippen molar-refractivity contribution in [2.45, 2.75) is 50.9 Å². The number of halogens is 1. The Morgan fingerprint density at radius 1 is 1.12 bits per heavy atom. The molecule has 12 nitrogen and oxygen atoms in total. The predicted octanol–water partition coefficient (Wildman–Crippen LogP) is 4.70. The van der Waals surface area contributed by atoms with E-state index >= 15 is 0 Å². The standard InChI is InChI=1S/C34H38FN7O5S/c1-20(2)34(36,32(44)45)30(19-43)42-13-11-41(12-14-42)18-21-3-7-25(38-17-21)29-16-26-31(48-29)28(9-10-37-26)47-27-8-6-23(15-24(27)35)40-33(46)39-22-4-5-22/h3,6-10,15-17,19-20,22,30H,4-5,11-14,18,36H2,1-2H3,(H,44,45)(H2,39,40,46)/t30?,34-/m1/s1. The fraction of sp³-hybridized carbons (Fsp3) is 0.382. The van der Waals surface area contributed by atoms with Crippen molar-refractivity contribution >= 4 is 45.5 Å². The Labute approximate surface area is 281 Å². The monoisotopic (exact) mass is 675 g/mol. The molecule has 5 N–H and O–H groups in total. The number of anilines is 1. The molecular formula is C34H38FN7O5S. The van der Waals surface area contributed by atoms with Crippen LogP contribution >= 0.6 is 11.3 Å². The zero-order valence-electron chi connectivity index (χ0n) is 26.7. The van der Waals surface area contributed by atoms with Crippen LogP contribution in [0.15, 0.2) is 54.9 Å². The number of fused-ring (bicyclic) bond motifs is 1. The molecule has 0 spiro atoms. The summed E-state index contributed by atoms with van der Waals surface area (Å²) in [5.74, 6) is -1.71. The maximum Gasteiger partial charge on any atom is 0.326 e. The van der Waals surface area contributed by atoms with E-state index in [1.807, 2.05) is 29.3 Å². The minimum Gasteiger partial charge on any atom is -0.480 e. The molecule has 252 valence electrons. The van der Waals surface area contributed by atoms with Crippen LogP contribution in [-0.4, -0.2) is 87.0 Å². The lowest BCUT2D eigenvalue weighted by molar-refractivity contribution is -0.151. The van der Waals surface area contributed by atoms with Gasteiger partial charge in [-0.1, -0.05) is 19.9 Å². The first-order valence-corrected chi connectivity index (χ1v) is 16.7. The molecule has 48 heavy (non-hydrogen) atoms. The summed E-state index contributed by atoms with van der Waals surface area (Å²) >= 11 is 1.44. The number of aldehydes is 1. The molecule has 1 saturated carbocycles. The van der Waals surface area contributed by atoms with Gasteiger partial charge in [-0.2, -0.15) is 0 Å². The number of hydrogen-bond donors (Lipinski definition) is 4. The molecule has 2 fully saturated rings. The molecule has 4 heterocycles. The van der Waals surface area contributed by atoms with E-state index in [2.05, 4.69) is 20.5 Å². The van der Waals surface area contributed by atoms with Crippen molar-refractivity contribution in [3.05, 3.63) is 66.2 Å². The number of carboxylic acids is 1. The predicted molar refractivity (Wildman–Crippen MR) is 181 cm³/mol. The van der Waals surface area contributed by atoms with E-state index in [9.17, 15) is 23.9 Å². The Morgan fingerprint density at radius 2 is 1.90 bits per heavy atom. The zero-order chi connectivity index (χ0) is 34.0. The number of nitrogens with zero attached hydrogens (tertiary/aromatic N) is 4. The second kappa shape index (κ2) is 13.9. The number of carboxylic acid groups (broad SMARTS) is 1. The number of aliphatic carboxylic acids is 1. The summed E-state index contributed by atoms with van der Waals surface area (Å²) in [6.07, 6.45) is 6.02. The Bertz CT molecular complexity index is 1810. The van der Waals surface area contributed by atoms with Crippen LogP contribution in [0, 0.1) is 11.7 Å². The molecule has 1 aromatic carbocycles. The van der Waals surface area contributed by atoms with Gasteiger partial charge >= 0.3 is 12.0 Å². The minimum absolute atomic E-state index is 0.0275. The molecule has 0 bridgehead atoms. The Hall–Kier alpha value is -4.50. The van der Waals surface area contributed by atoms with E-state index in [1.165, 1.54) is 23.5 Å². The van der Waals surface area contributed by atoms with Crippen LogP contribution < -0.4 is 21.1 Å². The molecule has 2 aliphatic rings. The van der Waals surface area contributed by atoms with Gasteiger partial charge in [0.05, 0.1) is 26.8 Å². The van der Waals surface area contributed by atoms with E-state index in [4.69, 9.17) is 15.5 Å². The Balaban J connectivity index is 1.08. The van der Waals surface area contributed by atoms with E-state index in [-0.39, 0.29) is 17.8 Å². The van der Waals surface area contributed by atoms with Crippen LogP contribution in [0.25, 0.3) is 20.8 Å². The van der Waals surface area contributed by atoms with Crippen LogP contribution in [0.4, 0.5) is 14.9 Å². The van der Waals surface area contributed by atoms with Gasteiger partial charge < -0.3 is 31.0 Å². The van der Waals surface area contributed by atoms with Crippen LogP contribution in [0.2, 0.25) is 0 Å². The third-order valence-corrected chi connectivity index (χ3v) is 10.1. The zero-order valence-corrected chi connectivity index (χ0v) is 27.5. The molecule has 1 saturated heterocycles. The van der Waals surface area contributed by atoms with Crippen molar-refractivity contribution in [1.82, 2.24) is 25.1 Å². The topological polar surface area (TPSA) is 163 Å². The van der Waals surface area contributed by atoms with Crippen LogP contribution in [-0.2, 0) is 16.1 Å². The molecule has 6 rings (SSSR count). The van der Waals surface area contributed by atoms with Crippen molar-refractivity contribution in [2.24, 2.45) is 11.7 Å². The van der Waals surface area contributed by atoms with Crippen molar-refractivity contribution < 1.29 is 28.6 Å². The molecule has 1 unspecified atom stereocenters. The second-order valence-electron chi connectivity index (χ2n) is 12.6. The first kappa shape index (κ1) is 33.4. The summed E-state index contributed by atoms with van der Waals surface area (Å²) in [5, 5.41) is 15.2. The number of hydrogen-bond acceptors (Lipinski definition) is 10. The lowest BCUT2D eigenvalue weighted by Gasteiger charge is -2.44. The van der Waals surface area contributed by atoms with Crippen molar-refractivity contribution in [3.63, 3.8) is 0 Å². The van der Waals surface area contributed by atoms with Gasteiger partial charge in [0.2, 0.25) is 0 Å². The van der Waals surface area contributed by atoms with Gasteiger partial charge in [-0.15, -0.1) is 11.3 Å². The van der Waals surface area contributed by atoms with E-state index in [0.717, 1.165) is 33.7 Å². The Kier molecular flexibility index (Phi) is 9.69. The fourth-order valence-electron chi connectivity index (χ4n) is 5.82. The number of carbonyl (C=O) groups is 3. The van der Waals surface area contributed by atoms with Gasteiger partial charge in [0.15, 0.2) is 11.6 Å². The third kappa shape index (κ3) is 7.16. The number of benzene rings is 1. The normalized spacial score (nSPS) is 17.5. The number of urea groups is 1. The number of thiophene rings is 1. The number of aromatic nitrogens is 2. The van der Waals surface area contributed by atoms with Crippen molar-refractivity contribution in [3.8, 4) is 22.1 Å². The molecule has 1 aliphatic carbocycles. The lowest BCUT2D eigenvalue weighted by Crippen LogP contribution is -2.68. The number of carbonyl (C=O) groups excluding carboxylic acids is 2. The van der Waals surface area contributed by atoms with E-state index < -0.39 is 29.3 Å². The maximum absolute atomic E-state index is 14.9. The van der Waals surface area contributed by atoms with Crippen LogP contribution in [0.3, 0.4) is 0 Å². The Morgan fingerprint density at radius 3 is 2.52 bits per heavy atom. The highest BCUT2D eigenvalue weighted by molar-refractivity contribution is 7.22. The van der Waals surface area contributed by atoms with Gasteiger partial charge in [-0.05, 0) is 48.6 Å². The van der Waals surface area contributed by atoms with E-state index in [0.29, 0.717) is 56.0 Å². The molecule has 0 radical (unpaired) electrons. The van der Waals surface area contributed by atoms with Gasteiger partial charge in [0.1, 0.15) is 17.6 Å². The quantitative estimate of drug-likeness (QED) is 0.155. The second-order valence-corrected chi connectivity index (χ2v) is 13.6. The largest absolute Gasteiger partial charge is 0.480 e. The number of pyridine rings is 2. The number of ether oxygens (including phenoxy) is 1. The third-order valence-electron chi connectivity index (χ3n) is 8.93. The van der Waals surface area contributed by atoms with Crippen LogP contribution in [0.5, 0.6) is 11.5 Å². The molecule has 4 aromatic rings. The summed E-state index contributed by atoms with van der Waals surface area (Å²) in [7, 11) is 0. The van der Waals surface area contributed by atoms with E-state index in [1.54, 1.807) is 32.2 Å². The van der Waals surface area contributed by atoms with Gasteiger partial charge in [-0.3, -0.25) is 24.6 Å². The molecule has 14 heteroatoms. The molecule has 2 atom stereocenters. The lowest BCUT2D eigenvalue weighted by atomic mass is 9.80. The fourth-order valence-corrected chi connectivity index (χ4v) is 6.86. The first-order chi connectivity index (χ1) is 23.0. The van der Waals surface area contributed by atoms with Gasteiger partial charge in [0, 0.05) is 69.0 Å². The number of amides is 2. The summed E-state index contributed by atoms with van der Waals surface area (Å²) in [6, 6.07) is 10.8.